The molecule has 0 unspecified atom stereocenters. The van der Waals surface area contributed by atoms with E-state index < -0.39 is 0 Å². The molecule has 20 heavy (non-hydrogen) atoms. The van der Waals surface area contributed by atoms with Crippen LogP contribution in [0.25, 0.3) is 0 Å². The lowest BCUT2D eigenvalue weighted by Gasteiger charge is -2.20. The van der Waals surface area contributed by atoms with Gasteiger partial charge >= 0.3 is 0 Å². The minimum absolute atomic E-state index is 0.125. The van der Waals surface area contributed by atoms with Crippen LogP contribution in [0.1, 0.15) is 37.8 Å². The van der Waals surface area contributed by atoms with E-state index >= 15 is 0 Å². The minimum Gasteiger partial charge on any atom is -0.487 e. The molecule has 1 aromatic heterocycles. The molecular weight excluding hydrogens is 252 g/mol. The standard InChI is InChI=1S/C16H22N2O2/c1-12-9-14(18-20-12)11-19-15-7-5-13(6-8-15)10-17-16(2,3)4/h5-9,17H,10-11H2,1-4H3. The Morgan fingerprint density at radius 1 is 1.20 bits per heavy atom. The summed E-state index contributed by atoms with van der Waals surface area (Å²) in [7, 11) is 0. The average molecular weight is 274 g/mol. The first-order valence-electron chi connectivity index (χ1n) is 6.81. The quantitative estimate of drug-likeness (QED) is 0.907. The molecule has 1 aromatic carbocycles. The number of hydrogen-bond donors (Lipinski definition) is 1. The molecule has 0 aliphatic carbocycles. The van der Waals surface area contributed by atoms with Gasteiger partial charge in [0.05, 0.1) is 0 Å². The highest BCUT2D eigenvalue weighted by Crippen LogP contribution is 2.15. The molecule has 4 heteroatoms. The minimum atomic E-state index is 0.125. The van der Waals surface area contributed by atoms with Crippen molar-refractivity contribution in [1.82, 2.24) is 10.5 Å². The summed E-state index contributed by atoms with van der Waals surface area (Å²) < 4.78 is 10.7. The fourth-order valence-electron chi connectivity index (χ4n) is 1.71. The van der Waals surface area contributed by atoms with Crippen molar-refractivity contribution in [3.8, 4) is 5.75 Å². The van der Waals surface area contributed by atoms with Crippen LogP contribution in [0.15, 0.2) is 34.9 Å². The number of hydrogen-bond acceptors (Lipinski definition) is 4. The van der Waals surface area contributed by atoms with Crippen molar-refractivity contribution in [3.05, 3.63) is 47.3 Å². The van der Waals surface area contributed by atoms with Gasteiger partial charge in [-0.3, -0.25) is 0 Å². The van der Waals surface area contributed by atoms with Crippen LogP contribution in [0.4, 0.5) is 0 Å². The number of benzene rings is 1. The van der Waals surface area contributed by atoms with Crippen molar-refractivity contribution in [3.63, 3.8) is 0 Å². The van der Waals surface area contributed by atoms with Gasteiger partial charge in [-0.25, -0.2) is 0 Å². The van der Waals surface area contributed by atoms with E-state index in [1.54, 1.807) is 0 Å². The maximum atomic E-state index is 5.66. The molecule has 1 heterocycles. The molecule has 0 atom stereocenters. The van der Waals surface area contributed by atoms with E-state index in [4.69, 9.17) is 9.26 Å². The summed E-state index contributed by atoms with van der Waals surface area (Å²) in [6.07, 6.45) is 0. The van der Waals surface area contributed by atoms with Crippen LogP contribution in [-0.2, 0) is 13.2 Å². The second kappa shape index (κ2) is 6.09. The molecule has 0 amide bonds. The Balaban J connectivity index is 1.85. The van der Waals surface area contributed by atoms with Crippen molar-refractivity contribution in [2.24, 2.45) is 0 Å². The van der Waals surface area contributed by atoms with Gasteiger partial charge < -0.3 is 14.6 Å². The van der Waals surface area contributed by atoms with Crippen LogP contribution in [0.2, 0.25) is 0 Å². The van der Waals surface area contributed by atoms with Crippen molar-refractivity contribution in [2.75, 3.05) is 0 Å². The second-order valence-electron chi connectivity index (χ2n) is 5.97. The van der Waals surface area contributed by atoms with E-state index in [0.717, 1.165) is 23.7 Å². The molecule has 2 rings (SSSR count). The zero-order chi connectivity index (χ0) is 14.6. The molecule has 1 N–H and O–H groups in total. The van der Waals surface area contributed by atoms with E-state index in [-0.39, 0.29) is 5.54 Å². The van der Waals surface area contributed by atoms with E-state index in [9.17, 15) is 0 Å². The van der Waals surface area contributed by atoms with Gasteiger partial charge in [-0.05, 0) is 45.4 Å². The lowest BCUT2D eigenvalue weighted by molar-refractivity contribution is 0.287. The first-order valence-corrected chi connectivity index (χ1v) is 6.81. The molecule has 0 radical (unpaired) electrons. The van der Waals surface area contributed by atoms with Crippen molar-refractivity contribution < 1.29 is 9.26 Å². The monoisotopic (exact) mass is 274 g/mol. The normalized spacial score (nSPS) is 11.6. The number of aromatic nitrogens is 1. The third-order valence-electron chi connectivity index (χ3n) is 2.81. The van der Waals surface area contributed by atoms with Gasteiger partial charge in [-0.2, -0.15) is 0 Å². The van der Waals surface area contributed by atoms with Crippen LogP contribution in [0.3, 0.4) is 0 Å². The molecule has 0 aliphatic heterocycles. The van der Waals surface area contributed by atoms with Crippen LogP contribution in [0, 0.1) is 6.92 Å². The Labute approximate surface area is 120 Å². The molecule has 0 spiro atoms. The Morgan fingerprint density at radius 3 is 2.45 bits per heavy atom. The van der Waals surface area contributed by atoms with Gasteiger partial charge in [0.15, 0.2) is 0 Å². The molecule has 4 nitrogen and oxygen atoms in total. The maximum Gasteiger partial charge on any atom is 0.134 e. The smallest absolute Gasteiger partial charge is 0.134 e. The molecule has 0 aliphatic rings. The molecule has 2 aromatic rings. The summed E-state index contributed by atoms with van der Waals surface area (Å²) in [6, 6.07) is 9.98. The predicted molar refractivity (Wildman–Crippen MR) is 78.6 cm³/mol. The van der Waals surface area contributed by atoms with Gasteiger partial charge in [-0.1, -0.05) is 17.3 Å². The fourth-order valence-corrected chi connectivity index (χ4v) is 1.71. The van der Waals surface area contributed by atoms with Gasteiger partial charge in [0, 0.05) is 18.2 Å². The summed E-state index contributed by atoms with van der Waals surface area (Å²) in [6.45, 7) is 9.62. The number of aryl methyl sites for hydroxylation is 1. The molecular formula is C16H22N2O2. The molecule has 0 bridgehead atoms. The molecule has 108 valence electrons. The third kappa shape index (κ3) is 4.70. The largest absolute Gasteiger partial charge is 0.487 e. The number of rotatable bonds is 5. The van der Waals surface area contributed by atoms with Gasteiger partial charge in [0.2, 0.25) is 0 Å². The van der Waals surface area contributed by atoms with E-state index in [1.807, 2.05) is 25.1 Å². The summed E-state index contributed by atoms with van der Waals surface area (Å²) in [5.74, 6) is 1.64. The number of ether oxygens (including phenoxy) is 1. The topological polar surface area (TPSA) is 47.3 Å². The van der Waals surface area contributed by atoms with Crippen LogP contribution in [-0.4, -0.2) is 10.7 Å². The zero-order valence-corrected chi connectivity index (χ0v) is 12.6. The lowest BCUT2D eigenvalue weighted by atomic mass is 10.1. The molecule has 0 saturated heterocycles. The Bertz CT molecular complexity index is 538. The lowest BCUT2D eigenvalue weighted by Crippen LogP contribution is -2.34. The fraction of sp³-hybridized carbons (Fsp3) is 0.438. The summed E-state index contributed by atoms with van der Waals surface area (Å²) in [5.41, 5.74) is 2.17. The SMILES string of the molecule is Cc1cc(COc2ccc(CNC(C)(C)C)cc2)no1. The number of nitrogens with one attached hydrogen (secondary N) is 1. The summed E-state index contributed by atoms with van der Waals surface area (Å²) in [4.78, 5) is 0. The highest BCUT2D eigenvalue weighted by Gasteiger charge is 2.08. The van der Waals surface area contributed by atoms with Crippen molar-refractivity contribution >= 4 is 0 Å². The van der Waals surface area contributed by atoms with Gasteiger partial charge in [0.1, 0.15) is 23.8 Å². The first-order chi connectivity index (χ1) is 9.42. The zero-order valence-electron chi connectivity index (χ0n) is 12.6. The van der Waals surface area contributed by atoms with E-state index in [1.165, 1.54) is 5.56 Å². The third-order valence-corrected chi connectivity index (χ3v) is 2.81. The Hall–Kier alpha value is -1.81. The molecule has 0 fully saturated rings. The Morgan fingerprint density at radius 2 is 1.90 bits per heavy atom. The first kappa shape index (κ1) is 14.6. The number of nitrogens with zero attached hydrogens (tertiary/aromatic N) is 1. The van der Waals surface area contributed by atoms with Gasteiger partial charge in [-0.15, -0.1) is 0 Å². The van der Waals surface area contributed by atoms with E-state index in [0.29, 0.717) is 6.61 Å². The highest BCUT2D eigenvalue weighted by molar-refractivity contribution is 5.27. The maximum absolute atomic E-state index is 5.66. The summed E-state index contributed by atoms with van der Waals surface area (Å²) in [5, 5.41) is 7.35. The van der Waals surface area contributed by atoms with Crippen LogP contribution < -0.4 is 10.1 Å². The highest BCUT2D eigenvalue weighted by atomic mass is 16.5. The van der Waals surface area contributed by atoms with E-state index in [2.05, 4.69) is 43.4 Å². The van der Waals surface area contributed by atoms with Crippen molar-refractivity contribution in [1.29, 1.82) is 0 Å². The second-order valence-corrected chi connectivity index (χ2v) is 5.97. The molecule has 0 saturated carbocycles. The van der Waals surface area contributed by atoms with Crippen molar-refractivity contribution in [2.45, 2.75) is 46.4 Å². The average Bonchev–Trinajstić information content (AvgIpc) is 2.80. The predicted octanol–water partition coefficient (Wildman–Crippen LogP) is 3.45. The van der Waals surface area contributed by atoms with Gasteiger partial charge in [0.25, 0.3) is 0 Å². The van der Waals surface area contributed by atoms with Crippen LogP contribution in [0.5, 0.6) is 5.75 Å². The summed E-state index contributed by atoms with van der Waals surface area (Å²) >= 11 is 0. The van der Waals surface area contributed by atoms with Crippen LogP contribution >= 0.6 is 0 Å². The Kier molecular flexibility index (Phi) is 4.45.